The maximum atomic E-state index is 12.7. The number of methoxy groups -OCH3 is 1. The van der Waals surface area contributed by atoms with E-state index in [-0.39, 0.29) is 5.91 Å². The van der Waals surface area contributed by atoms with Crippen molar-refractivity contribution in [2.45, 2.75) is 13.0 Å². The van der Waals surface area contributed by atoms with Crippen LogP contribution in [0, 0.1) is 5.41 Å². The van der Waals surface area contributed by atoms with Gasteiger partial charge in [0.1, 0.15) is 0 Å². The Labute approximate surface area is 135 Å². The highest BCUT2D eigenvalue weighted by molar-refractivity contribution is 5.83. The maximum Gasteiger partial charge on any atom is 0.230 e. The lowest BCUT2D eigenvalue weighted by Crippen LogP contribution is -2.45. The van der Waals surface area contributed by atoms with Gasteiger partial charge in [0.15, 0.2) is 0 Å². The lowest BCUT2D eigenvalue weighted by atomic mass is 9.87. The van der Waals surface area contributed by atoms with Gasteiger partial charge in [-0.25, -0.2) is 4.68 Å². The molecule has 0 spiro atoms. The Morgan fingerprint density at radius 3 is 3.00 bits per heavy atom. The molecule has 1 aromatic heterocycles. The van der Waals surface area contributed by atoms with Gasteiger partial charge in [0.25, 0.3) is 0 Å². The van der Waals surface area contributed by atoms with E-state index in [0.717, 1.165) is 24.2 Å². The SMILES string of the molecule is COCC1(C(=O)NCc2ccccc2-n2cccn2)CCNC1. The number of hydrogen-bond acceptors (Lipinski definition) is 4. The summed E-state index contributed by atoms with van der Waals surface area (Å²) in [7, 11) is 1.64. The summed E-state index contributed by atoms with van der Waals surface area (Å²) in [6.07, 6.45) is 4.44. The smallest absolute Gasteiger partial charge is 0.230 e. The van der Waals surface area contributed by atoms with Gasteiger partial charge in [-0.1, -0.05) is 18.2 Å². The predicted molar refractivity (Wildman–Crippen MR) is 87.2 cm³/mol. The zero-order chi connectivity index (χ0) is 16.1. The van der Waals surface area contributed by atoms with Crippen LogP contribution >= 0.6 is 0 Å². The van der Waals surface area contributed by atoms with Gasteiger partial charge in [0, 0.05) is 32.6 Å². The van der Waals surface area contributed by atoms with E-state index in [4.69, 9.17) is 4.74 Å². The zero-order valence-electron chi connectivity index (χ0n) is 13.3. The third-order valence-corrected chi connectivity index (χ3v) is 4.33. The van der Waals surface area contributed by atoms with Gasteiger partial charge in [-0.2, -0.15) is 5.10 Å². The first-order chi connectivity index (χ1) is 11.2. The Morgan fingerprint density at radius 2 is 2.30 bits per heavy atom. The number of carbonyl (C=O) groups is 1. The number of nitrogens with one attached hydrogen (secondary N) is 2. The Bertz CT molecular complexity index is 648. The van der Waals surface area contributed by atoms with Crippen molar-refractivity contribution in [1.82, 2.24) is 20.4 Å². The summed E-state index contributed by atoms with van der Waals surface area (Å²) >= 11 is 0. The first-order valence-electron chi connectivity index (χ1n) is 7.81. The molecule has 0 bridgehead atoms. The van der Waals surface area contributed by atoms with Gasteiger partial charge in [-0.05, 0) is 30.7 Å². The molecule has 2 aromatic rings. The Kier molecular flexibility index (Phi) is 4.73. The average molecular weight is 314 g/mol. The van der Waals surface area contributed by atoms with E-state index in [2.05, 4.69) is 15.7 Å². The Morgan fingerprint density at radius 1 is 1.43 bits per heavy atom. The van der Waals surface area contributed by atoms with Crippen LogP contribution < -0.4 is 10.6 Å². The summed E-state index contributed by atoms with van der Waals surface area (Å²) in [5.41, 5.74) is 1.54. The van der Waals surface area contributed by atoms with E-state index >= 15 is 0 Å². The molecule has 1 fully saturated rings. The van der Waals surface area contributed by atoms with E-state index in [1.54, 1.807) is 13.3 Å². The molecule has 122 valence electrons. The molecule has 1 aliphatic rings. The quantitative estimate of drug-likeness (QED) is 0.838. The second-order valence-corrected chi connectivity index (χ2v) is 5.90. The van der Waals surface area contributed by atoms with E-state index in [1.807, 2.05) is 41.2 Å². The summed E-state index contributed by atoms with van der Waals surface area (Å²) in [6.45, 7) is 2.42. The maximum absolute atomic E-state index is 12.7. The summed E-state index contributed by atoms with van der Waals surface area (Å²) in [6, 6.07) is 9.82. The van der Waals surface area contributed by atoms with Crippen molar-refractivity contribution in [1.29, 1.82) is 0 Å². The first kappa shape index (κ1) is 15.7. The molecule has 23 heavy (non-hydrogen) atoms. The van der Waals surface area contributed by atoms with Gasteiger partial charge in [-0.15, -0.1) is 0 Å². The van der Waals surface area contributed by atoms with E-state index < -0.39 is 5.41 Å². The minimum Gasteiger partial charge on any atom is -0.384 e. The van der Waals surface area contributed by atoms with Crippen LogP contribution in [-0.2, 0) is 16.1 Å². The third-order valence-electron chi connectivity index (χ3n) is 4.33. The molecule has 6 heteroatoms. The molecule has 0 radical (unpaired) electrons. The van der Waals surface area contributed by atoms with Crippen LogP contribution in [0.2, 0.25) is 0 Å². The number of rotatable bonds is 6. The fourth-order valence-corrected chi connectivity index (χ4v) is 3.06. The van der Waals surface area contributed by atoms with Crippen LogP contribution in [0.3, 0.4) is 0 Å². The van der Waals surface area contributed by atoms with Crippen molar-refractivity contribution in [2.24, 2.45) is 5.41 Å². The van der Waals surface area contributed by atoms with Crippen LogP contribution in [0.1, 0.15) is 12.0 Å². The fourth-order valence-electron chi connectivity index (χ4n) is 3.06. The molecular weight excluding hydrogens is 292 g/mol. The normalized spacial score (nSPS) is 20.6. The largest absolute Gasteiger partial charge is 0.384 e. The zero-order valence-corrected chi connectivity index (χ0v) is 13.3. The van der Waals surface area contributed by atoms with Crippen LogP contribution in [-0.4, -0.2) is 42.5 Å². The van der Waals surface area contributed by atoms with Gasteiger partial charge in [-0.3, -0.25) is 4.79 Å². The molecule has 0 saturated carbocycles. The fraction of sp³-hybridized carbons (Fsp3) is 0.412. The van der Waals surface area contributed by atoms with Crippen LogP contribution in [0.25, 0.3) is 5.69 Å². The average Bonchev–Trinajstić information content (AvgIpc) is 3.25. The number of hydrogen-bond donors (Lipinski definition) is 2. The summed E-state index contributed by atoms with van der Waals surface area (Å²) in [4.78, 5) is 12.7. The standard InChI is InChI=1S/C17H22N4O2/c1-23-13-17(7-9-18-12-17)16(22)19-11-14-5-2-3-6-15(14)21-10-4-8-20-21/h2-6,8,10,18H,7,9,11-13H2,1H3,(H,19,22). The number of carbonyl (C=O) groups excluding carboxylic acids is 1. The van der Waals surface area contributed by atoms with Gasteiger partial charge >= 0.3 is 0 Å². The van der Waals surface area contributed by atoms with Crippen molar-refractivity contribution in [2.75, 3.05) is 26.8 Å². The lowest BCUT2D eigenvalue weighted by molar-refractivity contribution is -0.133. The van der Waals surface area contributed by atoms with Gasteiger partial charge in [0.05, 0.1) is 17.7 Å². The molecule has 2 N–H and O–H groups in total. The van der Waals surface area contributed by atoms with E-state index in [9.17, 15) is 4.79 Å². The molecule has 1 unspecified atom stereocenters. The number of aromatic nitrogens is 2. The summed E-state index contributed by atoms with van der Waals surface area (Å²) in [5.74, 6) is 0.0413. The molecule has 2 heterocycles. The molecular formula is C17H22N4O2. The molecule has 1 saturated heterocycles. The molecule has 1 amide bonds. The monoisotopic (exact) mass is 314 g/mol. The van der Waals surface area contributed by atoms with Crippen LogP contribution in [0.4, 0.5) is 0 Å². The van der Waals surface area contributed by atoms with Crippen LogP contribution in [0.5, 0.6) is 0 Å². The molecule has 1 aromatic carbocycles. The highest BCUT2D eigenvalue weighted by Crippen LogP contribution is 2.26. The highest BCUT2D eigenvalue weighted by Gasteiger charge is 2.41. The van der Waals surface area contributed by atoms with Gasteiger partial charge in [0.2, 0.25) is 5.91 Å². The number of ether oxygens (including phenoxy) is 1. The van der Waals surface area contributed by atoms with Crippen molar-refractivity contribution >= 4 is 5.91 Å². The number of nitrogens with zero attached hydrogens (tertiary/aromatic N) is 2. The number of benzene rings is 1. The molecule has 1 aliphatic heterocycles. The highest BCUT2D eigenvalue weighted by atomic mass is 16.5. The summed E-state index contributed by atoms with van der Waals surface area (Å²) in [5, 5.41) is 10.6. The van der Waals surface area contributed by atoms with E-state index in [1.165, 1.54) is 0 Å². The summed E-state index contributed by atoms with van der Waals surface area (Å²) < 4.78 is 7.08. The number of para-hydroxylation sites is 1. The third kappa shape index (κ3) is 3.28. The Balaban J connectivity index is 1.72. The lowest BCUT2D eigenvalue weighted by Gasteiger charge is -2.26. The molecule has 6 nitrogen and oxygen atoms in total. The molecule has 3 rings (SSSR count). The topological polar surface area (TPSA) is 68.2 Å². The first-order valence-corrected chi connectivity index (χ1v) is 7.81. The molecule has 0 aliphatic carbocycles. The predicted octanol–water partition coefficient (Wildman–Crippen LogP) is 1.11. The van der Waals surface area contributed by atoms with Crippen molar-refractivity contribution in [3.8, 4) is 5.69 Å². The minimum absolute atomic E-state index is 0.0413. The van der Waals surface area contributed by atoms with Crippen molar-refractivity contribution in [3.63, 3.8) is 0 Å². The van der Waals surface area contributed by atoms with Crippen LogP contribution in [0.15, 0.2) is 42.7 Å². The van der Waals surface area contributed by atoms with Crippen molar-refractivity contribution in [3.05, 3.63) is 48.3 Å². The Hall–Kier alpha value is -2.18. The minimum atomic E-state index is -0.463. The second kappa shape index (κ2) is 6.93. The molecule has 1 atom stereocenters. The van der Waals surface area contributed by atoms with Crippen molar-refractivity contribution < 1.29 is 9.53 Å². The van der Waals surface area contributed by atoms with E-state index in [0.29, 0.717) is 19.7 Å². The number of amides is 1. The second-order valence-electron chi connectivity index (χ2n) is 5.90. The van der Waals surface area contributed by atoms with Gasteiger partial charge < -0.3 is 15.4 Å².